The van der Waals surface area contributed by atoms with E-state index in [9.17, 15) is 14.4 Å². The van der Waals surface area contributed by atoms with Gasteiger partial charge < -0.3 is 21.1 Å². The number of pyridine rings is 1. The molecule has 0 aromatic carbocycles. The number of aromatic nitrogens is 1. The summed E-state index contributed by atoms with van der Waals surface area (Å²) < 4.78 is 0. The number of amides is 2. The number of hydrogen-bond donors (Lipinski definition) is 5. The average Bonchev–Trinajstić information content (AvgIpc) is 3.30. The Kier molecular flexibility index (Phi) is 8.53. The molecule has 2 unspecified atom stereocenters. The van der Waals surface area contributed by atoms with Gasteiger partial charge in [0.25, 0.3) is 0 Å². The number of nitrogens with one attached hydrogen (secondary N) is 3. The van der Waals surface area contributed by atoms with Crippen molar-refractivity contribution in [1.82, 2.24) is 20.5 Å². The number of nitrogens with zero attached hydrogens (tertiary/aromatic N) is 2. The second-order valence-electron chi connectivity index (χ2n) is 8.61. The largest absolute Gasteiger partial charge is 0.480 e. The standard InChI is InChI=1S/C23H32N6O4/c24-21(25)17-9-8-16(12-26-17)13-28-22(32)19-7-4-10-29(19)23(33)18(27-14-20(30)31)11-15-5-2-1-3-6-15/h4,7-9,12,15,18-19,27H,1-3,5-6,10-11,13-14H2,(H3,24,25)(H,28,32)(H,30,31). The number of rotatable bonds is 10. The molecule has 1 fully saturated rings. The van der Waals surface area contributed by atoms with Crippen LogP contribution in [0.4, 0.5) is 0 Å². The summed E-state index contributed by atoms with van der Waals surface area (Å²) in [6, 6.07) is 1.96. The third kappa shape index (κ3) is 6.85. The molecule has 0 saturated heterocycles. The quantitative estimate of drug-likeness (QED) is 0.197. The molecule has 3 rings (SSSR count). The van der Waals surface area contributed by atoms with E-state index in [0.717, 1.165) is 31.2 Å². The van der Waals surface area contributed by atoms with E-state index in [0.29, 0.717) is 24.6 Å². The van der Waals surface area contributed by atoms with Crippen LogP contribution in [-0.4, -0.2) is 63.8 Å². The van der Waals surface area contributed by atoms with Gasteiger partial charge in [-0.2, -0.15) is 0 Å². The first-order valence-corrected chi connectivity index (χ1v) is 11.3. The van der Waals surface area contributed by atoms with E-state index in [2.05, 4.69) is 15.6 Å². The van der Waals surface area contributed by atoms with Crippen LogP contribution >= 0.6 is 0 Å². The third-order valence-electron chi connectivity index (χ3n) is 6.17. The van der Waals surface area contributed by atoms with Gasteiger partial charge in [-0.1, -0.05) is 50.3 Å². The van der Waals surface area contributed by atoms with Crippen molar-refractivity contribution in [3.63, 3.8) is 0 Å². The second-order valence-corrected chi connectivity index (χ2v) is 8.61. The minimum absolute atomic E-state index is 0.130. The first-order chi connectivity index (χ1) is 15.8. The highest BCUT2D eigenvalue weighted by atomic mass is 16.4. The second kappa shape index (κ2) is 11.6. The van der Waals surface area contributed by atoms with Crippen LogP contribution in [-0.2, 0) is 20.9 Å². The van der Waals surface area contributed by atoms with E-state index < -0.39 is 18.1 Å². The number of amidine groups is 1. The number of carboxylic acids is 1. The lowest BCUT2D eigenvalue weighted by molar-refractivity contribution is -0.140. The van der Waals surface area contributed by atoms with Crippen molar-refractivity contribution in [3.8, 4) is 0 Å². The fourth-order valence-electron chi connectivity index (χ4n) is 4.40. The SMILES string of the molecule is N=C(N)c1ccc(CNC(=O)C2C=CCN2C(=O)C(CC2CCCCC2)NCC(=O)O)cn1. The van der Waals surface area contributed by atoms with Crippen LogP contribution < -0.4 is 16.4 Å². The maximum Gasteiger partial charge on any atom is 0.317 e. The normalized spacial score (nSPS) is 19.3. The van der Waals surface area contributed by atoms with Crippen molar-refractivity contribution in [3.05, 3.63) is 41.7 Å². The van der Waals surface area contributed by atoms with Gasteiger partial charge in [0.2, 0.25) is 11.8 Å². The van der Waals surface area contributed by atoms with Gasteiger partial charge in [0.05, 0.1) is 12.6 Å². The third-order valence-corrected chi connectivity index (χ3v) is 6.17. The van der Waals surface area contributed by atoms with Gasteiger partial charge in [-0.25, -0.2) is 0 Å². The number of aliphatic carboxylic acids is 1. The summed E-state index contributed by atoms with van der Waals surface area (Å²) in [6.07, 6.45) is 11.1. The highest BCUT2D eigenvalue weighted by molar-refractivity contribution is 5.93. The molecule has 33 heavy (non-hydrogen) atoms. The molecule has 2 heterocycles. The fraction of sp³-hybridized carbons (Fsp3) is 0.522. The molecule has 0 radical (unpaired) electrons. The molecule has 10 nitrogen and oxygen atoms in total. The molecule has 6 N–H and O–H groups in total. The molecule has 1 aliphatic carbocycles. The van der Waals surface area contributed by atoms with Crippen molar-refractivity contribution < 1.29 is 19.5 Å². The Morgan fingerprint density at radius 1 is 1.24 bits per heavy atom. The van der Waals surface area contributed by atoms with Gasteiger partial charge in [-0.15, -0.1) is 0 Å². The fourth-order valence-corrected chi connectivity index (χ4v) is 4.40. The smallest absolute Gasteiger partial charge is 0.317 e. The molecule has 2 aliphatic rings. The van der Waals surface area contributed by atoms with Crippen LogP contribution in [0.2, 0.25) is 0 Å². The molecule has 1 aromatic rings. The highest BCUT2D eigenvalue weighted by Crippen LogP contribution is 2.28. The Balaban J connectivity index is 1.61. The van der Waals surface area contributed by atoms with Crippen molar-refractivity contribution in [2.75, 3.05) is 13.1 Å². The summed E-state index contributed by atoms with van der Waals surface area (Å²) in [5.74, 6) is -1.34. The summed E-state index contributed by atoms with van der Waals surface area (Å²) in [7, 11) is 0. The summed E-state index contributed by atoms with van der Waals surface area (Å²) in [5.41, 5.74) is 6.50. The predicted molar refractivity (Wildman–Crippen MR) is 122 cm³/mol. The zero-order valence-corrected chi connectivity index (χ0v) is 18.6. The Morgan fingerprint density at radius 3 is 2.64 bits per heavy atom. The first kappa shape index (κ1) is 24.4. The number of hydrogen-bond acceptors (Lipinski definition) is 6. The van der Waals surface area contributed by atoms with Crippen LogP contribution in [0.15, 0.2) is 30.5 Å². The number of carboxylic acid groups (broad SMARTS) is 1. The molecule has 0 spiro atoms. The molecule has 10 heteroatoms. The molecule has 2 atom stereocenters. The van der Waals surface area contributed by atoms with Crippen LogP contribution in [0.1, 0.15) is 49.8 Å². The van der Waals surface area contributed by atoms with E-state index in [4.69, 9.17) is 16.2 Å². The Hall–Kier alpha value is -3.27. The number of carbonyl (C=O) groups is 3. The molecule has 178 valence electrons. The summed E-state index contributed by atoms with van der Waals surface area (Å²) in [5, 5.41) is 22.2. The van der Waals surface area contributed by atoms with E-state index in [1.54, 1.807) is 30.5 Å². The van der Waals surface area contributed by atoms with Crippen molar-refractivity contribution in [1.29, 1.82) is 5.41 Å². The predicted octanol–water partition coefficient (Wildman–Crippen LogP) is 0.762. The van der Waals surface area contributed by atoms with Crippen LogP contribution in [0.25, 0.3) is 0 Å². The van der Waals surface area contributed by atoms with Crippen LogP contribution in [0, 0.1) is 11.3 Å². The van der Waals surface area contributed by atoms with Crippen molar-refractivity contribution in [2.45, 2.75) is 57.2 Å². The molecular formula is C23H32N6O4. The molecule has 0 bridgehead atoms. The lowest BCUT2D eigenvalue weighted by Crippen LogP contribution is -2.53. The average molecular weight is 457 g/mol. The molecular weight excluding hydrogens is 424 g/mol. The van der Waals surface area contributed by atoms with E-state index in [1.165, 1.54) is 11.3 Å². The molecule has 2 amide bonds. The van der Waals surface area contributed by atoms with Gasteiger partial charge in [0.1, 0.15) is 17.6 Å². The summed E-state index contributed by atoms with van der Waals surface area (Å²) >= 11 is 0. The first-order valence-electron chi connectivity index (χ1n) is 11.3. The van der Waals surface area contributed by atoms with Crippen LogP contribution in [0.5, 0.6) is 0 Å². The Bertz CT molecular complexity index is 895. The summed E-state index contributed by atoms with van der Waals surface area (Å²) in [4.78, 5) is 42.8. The number of carbonyl (C=O) groups excluding carboxylic acids is 2. The van der Waals surface area contributed by atoms with Gasteiger partial charge in [0, 0.05) is 19.3 Å². The Labute approximate surface area is 193 Å². The van der Waals surface area contributed by atoms with Gasteiger partial charge in [-0.05, 0) is 24.0 Å². The lowest BCUT2D eigenvalue weighted by Gasteiger charge is -2.31. The lowest BCUT2D eigenvalue weighted by atomic mass is 9.84. The number of nitrogen functional groups attached to an aromatic ring is 1. The van der Waals surface area contributed by atoms with Gasteiger partial charge >= 0.3 is 5.97 Å². The molecule has 1 saturated carbocycles. The van der Waals surface area contributed by atoms with Gasteiger partial charge in [0.15, 0.2) is 0 Å². The topological polar surface area (TPSA) is 162 Å². The maximum atomic E-state index is 13.3. The van der Waals surface area contributed by atoms with E-state index in [-0.39, 0.29) is 30.7 Å². The van der Waals surface area contributed by atoms with E-state index >= 15 is 0 Å². The minimum atomic E-state index is -1.02. The van der Waals surface area contributed by atoms with E-state index in [1.807, 2.05) is 0 Å². The van der Waals surface area contributed by atoms with Crippen LogP contribution in [0.3, 0.4) is 0 Å². The monoisotopic (exact) mass is 456 g/mol. The minimum Gasteiger partial charge on any atom is -0.480 e. The molecule has 1 aliphatic heterocycles. The number of nitrogens with two attached hydrogens (primary N) is 1. The zero-order chi connectivity index (χ0) is 23.8. The maximum absolute atomic E-state index is 13.3. The van der Waals surface area contributed by atoms with Crippen molar-refractivity contribution >= 4 is 23.6 Å². The zero-order valence-electron chi connectivity index (χ0n) is 18.6. The molecule has 1 aromatic heterocycles. The summed E-state index contributed by atoms with van der Waals surface area (Å²) in [6.45, 7) is 0.228. The Morgan fingerprint density at radius 2 is 2.00 bits per heavy atom. The van der Waals surface area contributed by atoms with Crippen molar-refractivity contribution in [2.24, 2.45) is 11.7 Å². The highest BCUT2D eigenvalue weighted by Gasteiger charge is 2.35. The van der Waals surface area contributed by atoms with Gasteiger partial charge in [-0.3, -0.25) is 30.1 Å².